The number of hydrogen-bond acceptors (Lipinski definition) is 7. The number of ether oxygens (including phenoxy) is 1. The molecule has 130 valence electrons. The van der Waals surface area contributed by atoms with Gasteiger partial charge in [-0.2, -0.15) is 0 Å². The number of hydrogen-bond donors (Lipinski definition) is 1. The van der Waals surface area contributed by atoms with Crippen LogP contribution in [0, 0.1) is 6.92 Å². The van der Waals surface area contributed by atoms with Crippen LogP contribution < -0.4 is 15.7 Å². The third kappa shape index (κ3) is 3.57. The number of para-hydroxylation sites is 1. The highest BCUT2D eigenvalue weighted by molar-refractivity contribution is 7.15. The van der Waals surface area contributed by atoms with Gasteiger partial charge in [0.05, 0.1) is 0 Å². The van der Waals surface area contributed by atoms with Crippen LogP contribution in [-0.2, 0) is 6.61 Å². The van der Waals surface area contributed by atoms with E-state index in [0.717, 1.165) is 21.6 Å². The molecule has 26 heavy (non-hydrogen) atoms. The van der Waals surface area contributed by atoms with Gasteiger partial charge in [-0.1, -0.05) is 29.5 Å². The molecule has 0 bridgehead atoms. The summed E-state index contributed by atoms with van der Waals surface area (Å²) in [6.07, 6.45) is 0. The molecular formula is C19H15N3O3S. The Morgan fingerprint density at radius 1 is 1.12 bits per heavy atom. The van der Waals surface area contributed by atoms with E-state index in [1.165, 1.54) is 17.4 Å². The van der Waals surface area contributed by atoms with Crippen LogP contribution in [0.5, 0.6) is 5.75 Å². The first-order valence-corrected chi connectivity index (χ1v) is 8.81. The number of rotatable bonds is 5. The Balaban J connectivity index is 1.46. The minimum absolute atomic E-state index is 0.315. The highest BCUT2D eigenvalue weighted by Gasteiger charge is 2.07. The third-order valence-corrected chi connectivity index (χ3v) is 4.59. The molecule has 4 rings (SSSR count). The zero-order valence-corrected chi connectivity index (χ0v) is 14.7. The Hall–Kier alpha value is -3.19. The number of fused-ring (bicyclic) bond motifs is 1. The molecule has 0 unspecified atom stereocenters. The monoisotopic (exact) mass is 365 g/mol. The maximum absolute atomic E-state index is 11.4. The van der Waals surface area contributed by atoms with Crippen LogP contribution in [0.15, 0.2) is 63.8 Å². The molecule has 0 saturated heterocycles. The lowest BCUT2D eigenvalue weighted by Crippen LogP contribution is -1.99. The predicted molar refractivity (Wildman–Crippen MR) is 101 cm³/mol. The van der Waals surface area contributed by atoms with Crippen LogP contribution in [0.1, 0.15) is 10.6 Å². The van der Waals surface area contributed by atoms with Gasteiger partial charge in [-0.25, -0.2) is 4.79 Å². The zero-order valence-electron chi connectivity index (χ0n) is 13.9. The summed E-state index contributed by atoms with van der Waals surface area (Å²) in [5.41, 5.74) is 2.01. The highest BCUT2D eigenvalue weighted by Crippen LogP contribution is 2.25. The van der Waals surface area contributed by atoms with Crippen LogP contribution in [-0.4, -0.2) is 10.2 Å². The molecule has 0 fully saturated rings. The number of nitrogens with zero attached hydrogens (tertiary/aromatic N) is 2. The molecule has 0 amide bonds. The summed E-state index contributed by atoms with van der Waals surface area (Å²) in [4.78, 5) is 11.4. The van der Waals surface area contributed by atoms with Crippen molar-refractivity contribution >= 4 is 33.1 Å². The normalized spacial score (nSPS) is 10.8. The lowest BCUT2D eigenvalue weighted by molar-refractivity contribution is 0.305. The lowest BCUT2D eigenvalue weighted by atomic mass is 10.1. The largest absolute Gasteiger partial charge is 0.486 e. The van der Waals surface area contributed by atoms with Crippen molar-refractivity contribution in [2.24, 2.45) is 0 Å². The number of benzene rings is 2. The van der Waals surface area contributed by atoms with Crippen molar-refractivity contribution in [3.8, 4) is 5.75 Å². The fraction of sp³-hybridized carbons (Fsp3) is 0.105. The van der Waals surface area contributed by atoms with Crippen molar-refractivity contribution < 1.29 is 9.15 Å². The van der Waals surface area contributed by atoms with Gasteiger partial charge < -0.3 is 14.5 Å². The van der Waals surface area contributed by atoms with Crippen molar-refractivity contribution in [1.82, 2.24) is 10.2 Å². The summed E-state index contributed by atoms with van der Waals surface area (Å²) in [6, 6.07) is 16.6. The van der Waals surface area contributed by atoms with Gasteiger partial charge in [0.1, 0.15) is 17.9 Å². The van der Waals surface area contributed by atoms with Crippen molar-refractivity contribution in [1.29, 1.82) is 0 Å². The Morgan fingerprint density at radius 3 is 2.81 bits per heavy atom. The molecule has 0 radical (unpaired) electrons. The first-order chi connectivity index (χ1) is 12.7. The van der Waals surface area contributed by atoms with E-state index >= 15 is 0 Å². The van der Waals surface area contributed by atoms with Gasteiger partial charge in [-0.15, -0.1) is 10.2 Å². The quantitative estimate of drug-likeness (QED) is 0.532. The Labute approximate surface area is 153 Å². The van der Waals surface area contributed by atoms with Crippen molar-refractivity contribution in [3.63, 3.8) is 0 Å². The second kappa shape index (κ2) is 6.97. The second-order valence-electron chi connectivity index (χ2n) is 5.69. The SMILES string of the molecule is Cc1cc(=O)oc2ccc(OCc3nnc(Nc4ccccc4)s3)cc12. The molecule has 0 aliphatic carbocycles. The molecule has 4 aromatic rings. The third-order valence-electron chi connectivity index (χ3n) is 3.77. The fourth-order valence-electron chi connectivity index (χ4n) is 2.54. The minimum Gasteiger partial charge on any atom is -0.486 e. The van der Waals surface area contributed by atoms with Crippen molar-refractivity contribution in [2.45, 2.75) is 13.5 Å². The standard InChI is InChI=1S/C19H15N3O3S/c1-12-9-18(23)25-16-8-7-14(10-15(12)16)24-11-17-21-22-19(26-17)20-13-5-3-2-4-6-13/h2-10H,11H2,1H3,(H,20,22). The fourth-order valence-corrected chi connectivity index (χ4v) is 3.21. The van der Waals surface area contributed by atoms with Gasteiger partial charge >= 0.3 is 5.63 Å². The zero-order chi connectivity index (χ0) is 17.9. The molecule has 6 nitrogen and oxygen atoms in total. The molecule has 0 aliphatic heterocycles. The Kier molecular flexibility index (Phi) is 4.37. The Bertz CT molecular complexity index is 1110. The Morgan fingerprint density at radius 2 is 1.96 bits per heavy atom. The first-order valence-electron chi connectivity index (χ1n) is 7.99. The van der Waals surface area contributed by atoms with Gasteiger partial charge in [0, 0.05) is 17.1 Å². The van der Waals surface area contributed by atoms with E-state index in [1.54, 1.807) is 12.1 Å². The number of nitrogens with one attached hydrogen (secondary N) is 1. The van der Waals surface area contributed by atoms with Crippen LogP contribution >= 0.6 is 11.3 Å². The molecule has 0 atom stereocenters. The molecule has 0 spiro atoms. The smallest absolute Gasteiger partial charge is 0.336 e. The summed E-state index contributed by atoms with van der Waals surface area (Å²) >= 11 is 1.44. The van der Waals surface area contributed by atoms with Crippen molar-refractivity contribution in [3.05, 3.63) is 75.6 Å². The first kappa shape index (κ1) is 16.3. The topological polar surface area (TPSA) is 77.2 Å². The molecule has 0 saturated carbocycles. The maximum Gasteiger partial charge on any atom is 0.336 e. The number of aromatic nitrogens is 2. The van der Waals surface area contributed by atoms with Gasteiger partial charge in [0.25, 0.3) is 0 Å². The van der Waals surface area contributed by atoms with Crippen LogP contribution in [0.4, 0.5) is 10.8 Å². The van der Waals surface area contributed by atoms with Gasteiger partial charge in [0.15, 0.2) is 5.01 Å². The van der Waals surface area contributed by atoms with E-state index in [4.69, 9.17) is 9.15 Å². The molecule has 2 heterocycles. The summed E-state index contributed by atoms with van der Waals surface area (Å²) in [7, 11) is 0. The maximum atomic E-state index is 11.4. The average molecular weight is 365 g/mol. The van der Waals surface area contributed by atoms with Gasteiger partial charge in [-0.3, -0.25) is 0 Å². The van der Waals surface area contributed by atoms with Crippen LogP contribution in [0.25, 0.3) is 11.0 Å². The average Bonchev–Trinajstić information content (AvgIpc) is 3.08. The molecule has 1 N–H and O–H groups in total. The summed E-state index contributed by atoms with van der Waals surface area (Å²) in [5, 5.41) is 13.8. The summed E-state index contributed by atoms with van der Waals surface area (Å²) < 4.78 is 11.0. The lowest BCUT2D eigenvalue weighted by Gasteiger charge is -2.06. The van der Waals surface area contributed by atoms with Crippen LogP contribution in [0.3, 0.4) is 0 Å². The van der Waals surface area contributed by atoms with Gasteiger partial charge in [-0.05, 0) is 42.8 Å². The van der Waals surface area contributed by atoms with E-state index in [-0.39, 0.29) is 5.63 Å². The number of aryl methyl sites for hydroxylation is 1. The van der Waals surface area contributed by atoms with Gasteiger partial charge in [0.2, 0.25) is 5.13 Å². The summed E-state index contributed by atoms with van der Waals surface area (Å²) in [5.74, 6) is 0.683. The van der Waals surface area contributed by atoms with Crippen LogP contribution in [0.2, 0.25) is 0 Å². The molecule has 7 heteroatoms. The second-order valence-corrected chi connectivity index (χ2v) is 6.75. The highest BCUT2D eigenvalue weighted by atomic mass is 32.1. The minimum atomic E-state index is -0.351. The van der Waals surface area contributed by atoms with E-state index in [9.17, 15) is 4.79 Å². The summed E-state index contributed by atoms with van der Waals surface area (Å²) in [6.45, 7) is 2.19. The molecule has 2 aromatic carbocycles. The molecule has 0 aliphatic rings. The van der Waals surface area contributed by atoms with E-state index in [0.29, 0.717) is 23.1 Å². The number of anilines is 2. The predicted octanol–water partition coefficient (Wildman–Crippen LogP) is 4.28. The van der Waals surface area contributed by atoms with E-state index in [2.05, 4.69) is 15.5 Å². The molecular weight excluding hydrogens is 350 g/mol. The van der Waals surface area contributed by atoms with Crippen molar-refractivity contribution in [2.75, 3.05) is 5.32 Å². The molecule has 2 aromatic heterocycles. The van der Waals surface area contributed by atoms with E-state index < -0.39 is 0 Å². The van der Waals surface area contributed by atoms with E-state index in [1.807, 2.05) is 43.3 Å².